The van der Waals surface area contributed by atoms with Gasteiger partial charge in [0.05, 0.1) is 6.54 Å². The van der Waals surface area contributed by atoms with Crippen LogP contribution in [0.25, 0.3) is 0 Å². The van der Waals surface area contributed by atoms with Crippen LogP contribution in [0.4, 0.5) is 0 Å². The zero-order valence-corrected chi connectivity index (χ0v) is 18.1. The largest absolute Gasteiger partial charge is 0.492 e. The summed E-state index contributed by atoms with van der Waals surface area (Å²) < 4.78 is 11.4. The second-order valence-electron chi connectivity index (χ2n) is 6.80. The molecule has 0 saturated carbocycles. The summed E-state index contributed by atoms with van der Waals surface area (Å²) in [5.41, 5.74) is 1.21. The van der Waals surface area contributed by atoms with Crippen LogP contribution in [0.1, 0.15) is 18.4 Å². The predicted molar refractivity (Wildman–Crippen MR) is 116 cm³/mol. The van der Waals surface area contributed by atoms with Crippen molar-refractivity contribution in [2.75, 3.05) is 53.6 Å². The Morgan fingerprint density at radius 1 is 1.35 bits per heavy atom. The second-order valence-corrected chi connectivity index (χ2v) is 6.80. The molecule has 0 bridgehead atoms. The number of guanidine groups is 1. The Bertz CT molecular complexity index is 578. The van der Waals surface area contributed by atoms with Gasteiger partial charge in [-0.25, -0.2) is 0 Å². The highest BCUT2D eigenvalue weighted by Gasteiger charge is 2.18. The molecule has 2 aliphatic heterocycles. The summed E-state index contributed by atoms with van der Waals surface area (Å²) in [5.74, 6) is 1.91. The predicted octanol–water partition coefficient (Wildman–Crippen LogP) is 2.19. The molecule has 1 fully saturated rings. The Kier molecular flexibility index (Phi) is 8.94. The maximum absolute atomic E-state index is 5.96. The van der Waals surface area contributed by atoms with E-state index in [9.17, 15) is 0 Å². The number of likely N-dealkylation sites (N-methyl/N-ethyl adjacent to an activating group) is 2. The Hall–Kier alpha value is -1.06. The average Bonchev–Trinajstić information content (AvgIpc) is 3.06. The highest BCUT2D eigenvalue weighted by Crippen LogP contribution is 2.15. The third-order valence-electron chi connectivity index (χ3n) is 4.93. The molecule has 0 amide bonds. The lowest BCUT2D eigenvalue weighted by molar-refractivity contribution is 0.0392. The molecule has 3 rings (SSSR count). The first kappa shape index (κ1) is 21.2. The number of nitrogens with one attached hydrogen (secondary N) is 1. The van der Waals surface area contributed by atoms with E-state index in [0.717, 1.165) is 63.9 Å². The fraction of sp³-hybridized carbons (Fsp3) is 0.632. The molecular formula is C19H31IN4O2. The van der Waals surface area contributed by atoms with Crippen molar-refractivity contribution < 1.29 is 9.47 Å². The van der Waals surface area contributed by atoms with Gasteiger partial charge in [-0.1, -0.05) is 12.1 Å². The Morgan fingerprint density at radius 2 is 2.15 bits per heavy atom. The molecule has 7 heteroatoms. The van der Waals surface area contributed by atoms with Crippen LogP contribution in [0, 0.1) is 0 Å². The van der Waals surface area contributed by atoms with Gasteiger partial charge in [0.2, 0.25) is 0 Å². The van der Waals surface area contributed by atoms with E-state index in [1.807, 2.05) is 6.07 Å². The first-order valence-electron chi connectivity index (χ1n) is 9.21. The van der Waals surface area contributed by atoms with Crippen molar-refractivity contribution in [2.45, 2.75) is 25.4 Å². The Balaban J connectivity index is 0.00000243. The van der Waals surface area contributed by atoms with Crippen LogP contribution in [-0.2, 0) is 11.3 Å². The lowest BCUT2D eigenvalue weighted by atomic mass is 10.1. The van der Waals surface area contributed by atoms with Gasteiger partial charge in [-0.05, 0) is 37.6 Å². The van der Waals surface area contributed by atoms with Crippen molar-refractivity contribution in [2.24, 2.45) is 4.99 Å². The number of rotatable bonds is 7. The molecule has 0 aliphatic carbocycles. The van der Waals surface area contributed by atoms with Gasteiger partial charge in [0.25, 0.3) is 0 Å². The summed E-state index contributed by atoms with van der Waals surface area (Å²) >= 11 is 0. The van der Waals surface area contributed by atoms with E-state index < -0.39 is 0 Å². The minimum Gasteiger partial charge on any atom is -0.492 e. The van der Waals surface area contributed by atoms with Crippen molar-refractivity contribution in [3.05, 3.63) is 29.8 Å². The Morgan fingerprint density at radius 3 is 2.88 bits per heavy atom. The Labute approximate surface area is 173 Å². The van der Waals surface area contributed by atoms with Crippen molar-refractivity contribution in [1.82, 2.24) is 15.1 Å². The molecule has 2 heterocycles. The number of benzene rings is 1. The minimum atomic E-state index is 0. The number of nitrogens with zero attached hydrogens (tertiary/aromatic N) is 3. The van der Waals surface area contributed by atoms with Gasteiger partial charge in [0.1, 0.15) is 12.4 Å². The molecule has 6 nitrogen and oxygen atoms in total. The van der Waals surface area contributed by atoms with Crippen LogP contribution in [0.2, 0.25) is 0 Å². The monoisotopic (exact) mass is 474 g/mol. The normalized spacial score (nSPS) is 17.8. The topological polar surface area (TPSA) is 49.3 Å². The average molecular weight is 474 g/mol. The fourth-order valence-electron chi connectivity index (χ4n) is 3.27. The van der Waals surface area contributed by atoms with E-state index in [1.165, 1.54) is 5.56 Å². The van der Waals surface area contributed by atoms with Gasteiger partial charge in [0, 0.05) is 45.9 Å². The maximum Gasteiger partial charge on any atom is 0.194 e. The zero-order valence-electron chi connectivity index (χ0n) is 15.8. The number of hydrogen-bond acceptors (Lipinski definition) is 6. The van der Waals surface area contributed by atoms with E-state index in [0.29, 0.717) is 12.6 Å². The van der Waals surface area contributed by atoms with Crippen LogP contribution in [0.15, 0.2) is 29.3 Å². The number of halogens is 1. The quantitative estimate of drug-likeness (QED) is 0.615. The summed E-state index contributed by atoms with van der Waals surface area (Å²) in [6, 6.07) is 8.92. The number of aliphatic imine (C=N–C) groups is 1. The fourth-order valence-corrected chi connectivity index (χ4v) is 3.27. The van der Waals surface area contributed by atoms with E-state index >= 15 is 0 Å². The van der Waals surface area contributed by atoms with E-state index in [4.69, 9.17) is 9.47 Å². The lowest BCUT2D eigenvalue weighted by Gasteiger charge is -2.31. The van der Waals surface area contributed by atoms with Gasteiger partial charge in [-0.2, -0.15) is 0 Å². The molecule has 26 heavy (non-hydrogen) atoms. The molecule has 146 valence electrons. The molecule has 1 saturated heterocycles. The molecule has 0 radical (unpaired) electrons. The molecule has 2 aliphatic rings. The van der Waals surface area contributed by atoms with Crippen LogP contribution in [-0.4, -0.2) is 75.4 Å². The highest BCUT2D eigenvalue weighted by molar-refractivity contribution is 14.0. The summed E-state index contributed by atoms with van der Waals surface area (Å²) in [7, 11) is 4.24. The van der Waals surface area contributed by atoms with E-state index in [1.54, 1.807) is 0 Å². The van der Waals surface area contributed by atoms with Crippen molar-refractivity contribution in [1.29, 1.82) is 0 Å². The van der Waals surface area contributed by atoms with Crippen molar-refractivity contribution >= 4 is 29.9 Å². The van der Waals surface area contributed by atoms with Gasteiger partial charge in [0.15, 0.2) is 5.96 Å². The zero-order chi connectivity index (χ0) is 17.5. The molecule has 1 N–H and O–H groups in total. The summed E-state index contributed by atoms with van der Waals surface area (Å²) in [5, 5.41) is 3.39. The van der Waals surface area contributed by atoms with Gasteiger partial charge >= 0.3 is 0 Å². The summed E-state index contributed by atoms with van der Waals surface area (Å²) in [6.45, 7) is 6.04. The third kappa shape index (κ3) is 6.28. The second kappa shape index (κ2) is 10.9. The molecule has 0 unspecified atom stereocenters. The molecular weight excluding hydrogens is 443 g/mol. The molecule has 0 atom stereocenters. The smallest absolute Gasteiger partial charge is 0.194 e. The molecule has 1 aromatic rings. The standard InChI is InChI=1S/C19H30N4O2.HI/c1-22(17-6-11-24-12-7-17)10-13-25-18-5-3-4-16(14-18)15-21-19-20-8-9-23(19)2;/h3-5,14,17H,6-13,15H2,1-2H3,(H,20,21);1H. The molecule has 0 aromatic heterocycles. The van der Waals surface area contributed by atoms with Crippen LogP contribution >= 0.6 is 24.0 Å². The van der Waals surface area contributed by atoms with Crippen molar-refractivity contribution in [3.63, 3.8) is 0 Å². The highest BCUT2D eigenvalue weighted by atomic mass is 127. The van der Waals surface area contributed by atoms with Crippen molar-refractivity contribution in [3.8, 4) is 5.75 Å². The van der Waals surface area contributed by atoms with Gasteiger partial charge in [-0.15, -0.1) is 24.0 Å². The third-order valence-corrected chi connectivity index (χ3v) is 4.93. The SMILES string of the molecule is CN1CCN=C1NCc1cccc(OCCN(C)C2CCOCC2)c1.I. The van der Waals surface area contributed by atoms with Crippen LogP contribution in [0.3, 0.4) is 0 Å². The summed E-state index contributed by atoms with van der Waals surface area (Å²) in [6.07, 6.45) is 2.24. The van der Waals surface area contributed by atoms with Crippen LogP contribution in [0.5, 0.6) is 5.75 Å². The summed E-state index contributed by atoms with van der Waals surface area (Å²) in [4.78, 5) is 8.99. The molecule has 0 spiro atoms. The first-order chi connectivity index (χ1) is 12.2. The number of ether oxygens (including phenoxy) is 2. The van der Waals surface area contributed by atoms with E-state index in [2.05, 4.69) is 52.4 Å². The van der Waals surface area contributed by atoms with Gasteiger partial charge < -0.3 is 19.7 Å². The van der Waals surface area contributed by atoms with Gasteiger partial charge in [-0.3, -0.25) is 9.89 Å². The van der Waals surface area contributed by atoms with E-state index in [-0.39, 0.29) is 24.0 Å². The first-order valence-corrected chi connectivity index (χ1v) is 9.21. The molecule has 1 aromatic carbocycles. The number of hydrogen-bond donors (Lipinski definition) is 1. The van der Waals surface area contributed by atoms with Crippen LogP contribution < -0.4 is 10.1 Å². The minimum absolute atomic E-state index is 0. The lowest BCUT2D eigenvalue weighted by Crippen LogP contribution is -2.38. The maximum atomic E-state index is 5.96.